The number of aromatic nitrogens is 1. The summed E-state index contributed by atoms with van der Waals surface area (Å²) in [6.45, 7) is 3.97. The molecule has 1 aromatic heterocycles. The third-order valence-corrected chi connectivity index (χ3v) is 4.59. The Kier molecular flexibility index (Phi) is 3.63. The smallest absolute Gasteiger partial charge is 0.235 e. The van der Waals surface area contributed by atoms with E-state index in [4.69, 9.17) is 16.3 Å². The van der Waals surface area contributed by atoms with Gasteiger partial charge in [-0.2, -0.15) is 0 Å². The van der Waals surface area contributed by atoms with Gasteiger partial charge in [0.15, 0.2) is 5.76 Å². The van der Waals surface area contributed by atoms with Gasteiger partial charge in [-0.25, -0.2) is 4.98 Å². The van der Waals surface area contributed by atoms with Crippen LogP contribution in [0.15, 0.2) is 36.1 Å². The fourth-order valence-electron chi connectivity index (χ4n) is 3.14. The number of benzene rings is 2. The standard InChI is InChI=1S/C20H14ClNO4/c1-9-3-10(2)13-5-11(20(21)22-14(13)4-9)6-17-19(25)18-15(24)7-12(23)8-16(18)26-17/h3-8,23-24H,1-2H3/b17-6-. The maximum atomic E-state index is 12.5. The lowest BCUT2D eigenvalue weighted by molar-refractivity contribution is 0.101. The van der Waals surface area contributed by atoms with Gasteiger partial charge in [0.25, 0.3) is 0 Å². The van der Waals surface area contributed by atoms with Crippen LogP contribution in [0.5, 0.6) is 17.2 Å². The first-order valence-electron chi connectivity index (χ1n) is 7.91. The molecule has 0 aliphatic carbocycles. The Hall–Kier alpha value is -3.05. The van der Waals surface area contributed by atoms with Crippen LogP contribution in [0.2, 0.25) is 5.15 Å². The van der Waals surface area contributed by atoms with Crippen LogP contribution >= 0.6 is 11.6 Å². The van der Waals surface area contributed by atoms with Gasteiger partial charge in [0.1, 0.15) is 28.0 Å². The summed E-state index contributed by atoms with van der Waals surface area (Å²) in [5.74, 6) is -0.882. The van der Waals surface area contributed by atoms with Gasteiger partial charge < -0.3 is 14.9 Å². The minimum Gasteiger partial charge on any atom is -0.508 e. The number of allylic oxidation sites excluding steroid dienone is 1. The van der Waals surface area contributed by atoms with Crippen LogP contribution in [0.3, 0.4) is 0 Å². The maximum Gasteiger partial charge on any atom is 0.235 e. The van der Waals surface area contributed by atoms with E-state index in [0.29, 0.717) is 5.56 Å². The van der Waals surface area contributed by atoms with Gasteiger partial charge in [-0.1, -0.05) is 17.7 Å². The van der Waals surface area contributed by atoms with Crippen LogP contribution in [0, 0.1) is 13.8 Å². The van der Waals surface area contributed by atoms with E-state index < -0.39 is 5.78 Å². The predicted molar refractivity (Wildman–Crippen MR) is 98.9 cm³/mol. The molecule has 1 aliphatic heterocycles. The highest BCUT2D eigenvalue weighted by molar-refractivity contribution is 6.31. The zero-order chi connectivity index (χ0) is 18.6. The number of ketones is 1. The van der Waals surface area contributed by atoms with Crippen molar-refractivity contribution >= 4 is 34.4 Å². The van der Waals surface area contributed by atoms with E-state index in [1.54, 1.807) is 0 Å². The number of aromatic hydroxyl groups is 2. The molecule has 2 N–H and O–H groups in total. The summed E-state index contributed by atoms with van der Waals surface area (Å²) in [6.07, 6.45) is 1.49. The number of phenols is 2. The van der Waals surface area contributed by atoms with E-state index in [1.165, 1.54) is 12.1 Å². The average molecular weight is 368 g/mol. The number of aryl methyl sites for hydroxylation is 2. The lowest BCUT2D eigenvalue weighted by Crippen LogP contribution is -1.99. The number of phenolic OH excluding ortho intramolecular Hbond substituents is 2. The van der Waals surface area contributed by atoms with Gasteiger partial charge in [0.05, 0.1) is 5.52 Å². The monoisotopic (exact) mass is 367 g/mol. The van der Waals surface area contributed by atoms with Crippen molar-refractivity contribution in [1.29, 1.82) is 0 Å². The van der Waals surface area contributed by atoms with E-state index in [2.05, 4.69) is 4.98 Å². The van der Waals surface area contributed by atoms with Gasteiger partial charge >= 0.3 is 0 Å². The molecule has 2 heterocycles. The van der Waals surface area contributed by atoms with E-state index in [0.717, 1.165) is 28.1 Å². The highest BCUT2D eigenvalue weighted by Crippen LogP contribution is 2.41. The van der Waals surface area contributed by atoms with Crippen molar-refractivity contribution in [2.45, 2.75) is 13.8 Å². The molecule has 4 rings (SSSR count). The number of carbonyl (C=O) groups is 1. The Balaban J connectivity index is 1.84. The fraction of sp³-hybridized carbons (Fsp3) is 0.100. The first kappa shape index (κ1) is 16.4. The van der Waals surface area contributed by atoms with E-state index in [1.807, 2.05) is 32.0 Å². The largest absolute Gasteiger partial charge is 0.508 e. The van der Waals surface area contributed by atoms with Crippen molar-refractivity contribution in [1.82, 2.24) is 4.98 Å². The van der Waals surface area contributed by atoms with Crippen molar-refractivity contribution in [3.05, 3.63) is 63.5 Å². The molecule has 5 nitrogen and oxygen atoms in total. The second kappa shape index (κ2) is 5.75. The Morgan fingerprint density at radius 3 is 2.65 bits per heavy atom. The summed E-state index contributed by atoms with van der Waals surface area (Å²) in [5, 5.41) is 20.6. The molecular weight excluding hydrogens is 354 g/mol. The lowest BCUT2D eigenvalue weighted by Gasteiger charge is -2.07. The first-order chi connectivity index (χ1) is 12.3. The number of ether oxygens (including phenoxy) is 1. The van der Waals surface area contributed by atoms with Crippen LogP contribution in [-0.2, 0) is 0 Å². The van der Waals surface area contributed by atoms with Crippen LogP contribution < -0.4 is 4.74 Å². The number of fused-ring (bicyclic) bond motifs is 2. The third-order valence-electron chi connectivity index (χ3n) is 4.29. The number of halogens is 1. The molecule has 0 amide bonds. The number of Topliss-reactive ketones (excluding diaryl/α,β-unsaturated/α-hetero) is 1. The molecule has 26 heavy (non-hydrogen) atoms. The molecule has 0 saturated carbocycles. The molecule has 0 saturated heterocycles. The average Bonchev–Trinajstić information content (AvgIpc) is 2.84. The van der Waals surface area contributed by atoms with Crippen LogP contribution in [0.1, 0.15) is 27.0 Å². The summed E-state index contributed by atoms with van der Waals surface area (Å²) in [7, 11) is 0. The molecule has 0 atom stereocenters. The van der Waals surface area contributed by atoms with Crippen molar-refractivity contribution < 1.29 is 19.7 Å². The Bertz CT molecular complexity index is 1130. The second-order valence-electron chi connectivity index (χ2n) is 6.29. The quantitative estimate of drug-likeness (QED) is 0.488. The summed E-state index contributed by atoms with van der Waals surface area (Å²) < 4.78 is 5.51. The van der Waals surface area contributed by atoms with Gasteiger partial charge in [0.2, 0.25) is 5.78 Å². The van der Waals surface area contributed by atoms with Gasteiger partial charge in [-0.3, -0.25) is 4.79 Å². The SMILES string of the molecule is Cc1cc(C)c2cc(/C=C3\Oc4cc(O)cc(O)c4C3=O)c(Cl)nc2c1. The number of nitrogens with zero attached hydrogens (tertiary/aromatic N) is 1. The zero-order valence-corrected chi connectivity index (χ0v) is 14.8. The zero-order valence-electron chi connectivity index (χ0n) is 14.0. The number of pyridine rings is 1. The third kappa shape index (κ3) is 2.57. The van der Waals surface area contributed by atoms with E-state index in [-0.39, 0.29) is 33.7 Å². The van der Waals surface area contributed by atoms with Crippen LogP contribution in [0.4, 0.5) is 0 Å². The molecule has 0 unspecified atom stereocenters. The van der Waals surface area contributed by atoms with Gasteiger partial charge in [-0.05, 0) is 43.2 Å². The molecule has 0 spiro atoms. The molecule has 6 heteroatoms. The van der Waals surface area contributed by atoms with Crippen molar-refractivity contribution in [3.8, 4) is 17.2 Å². The highest BCUT2D eigenvalue weighted by atomic mass is 35.5. The second-order valence-corrected chi connectivity index (χ2v) is 6.65. The number of rotatable bonds is 1. The minimum atomic E-state index is -0.478. The molecule has 0 radical (unpaired) electrons. The normalized spacial score (nSPS) is 14.7. The molecule has 1 aliphatic rings. The molecule has 3 aromatic rings. The fourth-order valence-corrected chi connectivity index (χ4v) is 3.34. The van der Waals surface area contributed by atoms with Crippen molar-refractivity contribution in [3.63, 3.8) is 0 Å². The molecule has 2 aromatic carbocycles. The maximum absolute atomic E-state index is 12.5. The topological polar surface area (TPSA) is 79.6 Å². The number of hydrogen-bond donors (Lipinski definition) is 2. The van der Waals surface area contributed by atoms with E-state index >= 15 is 0 Å². The van der Waals surface area contributed by atoms with Crippen molar-refractivity contribution in [2.24, 2.45) is 0 Å². The molecule has 0 fully saturated rings. The Labute approximate surface area is 154 Å². The number of hydrogen-bond acceptors (Lipinski definition) is 5. The van der Waals surface area contributed by atoms with Gasteiger partial charge in [-0.15, -0.1) is 0 Å². The molecule has 0 bridgehead atoms. The van der Waals surface area contributed by atoms with E-state index in [9.17, 15) is 15.0 Å². The Morgan fingerprint density at radius 2 is 1.88 bits per heavy atom. The summed E-state index contributed by atoms with van der Waals surface area (Å²) >= 11 is 6.29. The summed E-state index contributed by atoms with van der Waals surface area (Å²) in [6, 6.07) is 8.21. The molecular formula is C20H14ClNO4. The van der Waals surface area contributed by atoms with Crippen LogP contribution in [-0.4, -0.2) is 21.0 Å². The highest BCUT2D eigenvalue weighted by Gasteiger charge is 2.31. The van der Waals surface area contributed by atoms with Crippen LogP contribution in [0.25, 0.3) is 17.0 Å². The molecule has 130 valence electrons. The number of carbonyl (C=O) groups excluding carboxylic acids is 1. The van der Waals surface area contributed by atoms with Crippen molar-refractivity contribution in [2.75, 3.05) is 0 Å². The lowest BCUT2D eigenvalue weighted by atomic mass is 10.0. The Morgan fingerprint density at radius 1 is 1.12 bits per heavy atom. The summed E-state index contributed by atoms with van der Waals surface area (Å²) in [4.78, 5) is 16.9. The predicted octanol–water partition coefficient (Wildman–Crippen LogP) is 4.53. The summed E-state index contributed by atoms with van der Waals surface area (Å²) in [5.41, 5.74) is 3.47. The first-order valence-corrected chi connectivity index (χ1v) is 8.29. The van der Waals surface area contributed by atoms with Gasteiger partial charge in [0, 0.05) is 23.1 Å². The minimum absolute atomic E-state index is 0.00807.